The summed E-state index contributed by atoms with van der Waals surface area (Å²) in [5, 5.41) is 11.5. The summed E-state index contributed by atoms with van der Waals surface area (Å²) in [6.45, 7) is 6.76. The van der Waals surface area contributed by atoms with E-state index in [1.165, 1.54) is 12.4 Å². The number of carboxylic acid groups (broad SMARTS) is 1. The predicted octanol–water partition coefficient (Wildman–Crippen LogP) is 4.12. The van der Waals surface area contributed by atoms with Gasteiger partial charge in [0, 0.05) is 23.1 Å². The predicted molar refractivity (Wildman–Crippen MR) is 93.9 cm³/mol. The zero-order valence-corrected chi connectivity index (χ0v) is 14.7. The van der Waals surface area contributed by atoms with E-state index >= 15 is 0 Å². The van der Waals surface area contributed by atoms with Crippen LogP contribution in [0.1, 0.15) is 27.2 Å². The van der Waals surface area contributed by atoms with Crippen LogP contribution in [0.25, 0.3) is 0 Å². The molecule has 1 aromatic rings. The molecule has 1 aromatic heterocycles. The summed E-state index contributed by atoms with van der Waals surface area (Å²) in [4.78, 5) is 18.5. The second-order valence-electron chi connectivity index (χ2n) is 5.64. The van der Waals surface area contributed by atoms with Gasteiger partial charge in [0.15, 0.2) is 0 Å². The van der Waals surface area contributed by atoms with Gasteiger partial charge in [0.05, 0.1) is 6.20 Å². The zero-order valence-electron chi connectivity index (χ0n) is 14.0. The van der Waals surface area contributed by atoms with E-state index < -0.39 is 6.09 Å². The molecule has 0 spiro atoms. The Labute approximate surface area is 146 Å². The van der Waals surface area contributed by atoms with Crippen molar-refractivity contribution in [3.05, 3.63) is 53.1 Å². The molecule has 1 aliphatic rings. The molecule has 0 unspecified atom stereocenters. The fourth-order valence-electron chi connectivity index (χ4n) is 1.54. The molecule has 24 heavy (non-hydrogen) atoms. The lowest BCUT2D eigenvalue weighted by Crippen LogP contribution is -2.18. The van der Waals surface area contributed by atoms with Gasteiger partial charge in [-0.15, -0.1) is 0 Å². The number of halogens is 1. The Morgan fingerprint density at radius 1 is 1.38 bits per heavy atom. The third-order valence-corrected chi connectivity index (χ3v) is 2.89. The maximum absolute atomic E-state index is 10.6. The number of nitrogens with one attached hydrogen (secondary N) is 1. The number of amides is 1. The summed E-state index contributed by atoms with van der Waals surface area (Å²) in [7, 11) is 0. The fraction of sp³-hybridized carbons (Fsp3) is 0.353. The molecule has 0 aromatic carbocycles. The van der Waals surface area contributed by atoms with Gasteiger partial charge in [-0.05, 0) is 30.1 Å². The van der Waals surface area contributed by atoms with Gasteiger partial charge in [0.25, 0.3) is 0 Å². The van der Waals surface area contributed by atoms with Gasteiger partial charge in [0.1, 0.15) is 6.61 Å². The number of hydrogen-bond acceptors (Lipinski definition) is 4. The first kappa shape index (κ1) is 19.7. The van der Waals surface area contributed by atoms with E-state index in [9.17, 15) is 4.79 Å². The highest BCUT2D eigenvalue weighted by molar-refractivity contribution is 6.31. The van der Waals surface area contributed by atoms with E-state index in [4.69, 9.17) is 21.4 Å². The van der Waals surface area contributed by atoms with Crippen LogP contribution in [0.4, 0.5) is 4.79 Å². The Morgan fingerprint density at radius 3 is 2.67 bits per heavy atom. The summed E-state index contributed by atoms with van der Waals surface area (Å²) in [6, 6.07) is 0. The number of hydrogen-bond donors (Lipinski definition) is 2. The molecular weight excluding hydrogens is 330 g/mol. The highest BCUT2D eigenvalue weighted by Crippen LogP contribution is 2.21. The minimum Gasteiger partial charge on any atom is -0.472 e. The van der Waals surface area contributed by atoms with E-state index in [1.54, 1.807) is 24.4 Å². The largest absolute Gasteiger partial charge is 0.472 e. The van der Waals surface area contributed by atoms with E-state index in [2.05, 4.69) is 36.1 Å². The van der Waals surface area contributed by atoms with Crippen LogP contribution in [-0.4, -0.2) is 27.8 Å². The lowest BCUT2D eigenvalue weighted by atomic mass is 10.2. The summed E-state index contributed by atoms with van der Waals surface area (Å²) < 4.78 is 5.47. The lowest BCUT2D eigenvalue weighted by Gasteiger charge is -2.07. The second-order valence-corrected chi connectivity index (χ2v) is 6.05. The average Bonchev–Trinajstić information content (AvgIpc) is 2.68. The molecule has 0 aliphatic heterocycles. The second kappa shape index (κ2) is 10.4. The van der Waals surface area contributed by atoms with Gasteiger partial charge < -0.3 is 9.84 Å². The van der Waals surface area contributed by atoms with Gasteiger partial charge in [-0.1, -0.05) is 38.4 Å². The Hall–Kier alpha value is -2.34. The van der Waals surface area contributed by atoms with Crippen molar-refractivity contribution in [1.82, 2.24) is 15.3 Å². The number of aromatic nitrogens is 2. The van der Waals surface area contributed by atoms with Crippen LogP contribution in [0.2, 0.25) is 0 Å². The van der Waals surface area contributed by atoms with Crippen LogP contribution in [0, 0.1) is 5.92 Å². The molecule has 7 heteroatoms. The van der Waals surface area contributed by atoms with Gasteiger partial charge in [0.2, 0.25) is 5.88 Å². The molecule has 0 saturated heterocycles. The van der Waals surface area contributed by atoms with Crippen molar-refractivity contribution in [3.8, 4) is 5.88 Å². The Kier molecular flexibility index (Phi) is 8.57. The van der Waals surface area contributed by atoms with Crippen molar-refractivity contribution in [3.63, 3.8) is 0 Å². The zero-order chi connectivity index (χ0) is 17.9. The summed E-state index contributed by atoms with van der Waals surface area (Å²) in [5.74, 6) is 1.24. The topological polar surface area (TPSA) is 84.3 Å². The molecule has 130 valence electrons. The molecule has 0 bridgehead atoms. The van der Waals surface area contributed by atoms with Gasteiger partial charge in [-0.2, -0.15) is 0 Å². The number of allylic oxidation sites excluding steroid dienone is 4. The van der Waals surface area contributed by atoms with Crippen molar-refractivity contribution in [2.24, 2.45) is 5.92 Å². The first-order valence-electron chi connectivity index (χ1n) is 7.53. The molecule has 0 saturated carbocycles. The number of ether oxygens (including phenoxy) is 1. The summed E-state index contributed by atoms with van der Waals surface area (Å²) in [5.41, 5.74) is 1.31. The van der Waals surface area contributed by atoms with E-state index in [0.29, 0.717) is 23.0 Å². The molecule has 2 N–H and O–H groups in total. The minimum atomic E-state index is -1.11. The Morgan fingerprint density at radius 2 is 2.08 bits per heavy atom. The van der Waals surface area contributed by atoms with Crippen LogP contribution in [0.5, 0.6) is 5.88 Å². The number of nitrogens with zero attached hydrogens (tertiary/aromatic N) is 2. The Balaban J connectivity index is 0.000000648. The normalized spacial score (nSPS) is 13.6. The van der Waals surface area contributed by atoms with Crippen LogP contribution in [-0.2, 0) is 0 Å². The van der Waals surface area contributed by atoms with Crippen molar-refractivity contribution in [2.45, 2.75) is 27.2 Å². The molecule has 0 radical (unpaired) electrons. The highest BCUT2D eigenvalue weighted by Gasteiger charge is 2.09. The standard InChI is InChI=1S/C13H12ClN3O3.C4H10/c14-11-4-3-10(17-13(18)19)2-1-9(11)8-20-12-7-15-5-6-16-12;1-4(2)3/h2-7,17H,1,8H2,(H,18,19);4H,1-3H3. The quantitative estimate of drug-likeness (QED) is 0.852. The van der Waals surface area contributed by atoms with Gasteiger partial charge >= 0.3 is 6.09 Å². The van der Waals surface area contributed by atoms with Crippen molar-refractivity contribution >= 4 is 17.7 Å². The van der Waals surface area contributed by atoms with E-state index in [1.807, 2.05) is 0 Å². The lowest BCUT2D eigenvalue weighted by molar-refractivity contribution is 0.198. The molecule has 0 fully saturated rings. The van der Waals surface area contributed by atoms with Crippen molar-refractivity contribution in [1.29, 1.82) is 0 Å². The van der Waals surface area contributed by atoms with Crippen molar-refractivity contribution < 1.29 is 14.6 Å². The van der Waals surface area contributed by atoms with Gasteiger partial charge in [-0.25, -0.2) is 9.78 Å². The van der Waals surface area contributed by atoms with Crippen LogP contribution < -0.4 is 10.1 Å². The molecule has 1 amide bonds. The third kappa shape index (κ3) is 8.33. The monoisotopic (exact) mass is 351 g/mol. The average molecular weight is 352 g/mol. The SMILES string of the molecule is CC(C)C.O=C(O)NC1=CCC(COc2cnccn2)=C(Cl)C=C1. The van der Waals surface area contributed by atoms with Crippen LogP contribution in [0.3, 0.4) is 0 Å². The summed E-state index contributed by atoms with van der Waals surface area (Å²) >= 11 is 6.12. The molecule has 6 nitrogen and oxygen atoms in total. The van der Waals surface area contributed by atoms with E-state index in [-0.39, 0.29) is 6.61 Å². The first-order chi connectivity index (χ1) is 11.4. The fourth-order valence-corrected chi connectivity index (χ4v) is 1.74. The third-order valence-electron chi connectivity index (χ3n) is 2.50. The Bertz CT molecular complexity index is 622. The number of carbonyl (C=O) groups is 1. The smallest absolute Gasteiger partial charge is 0.409 e. The molecule has 0 atom stereocenters. The molecule has 2 rings (SSSR count). The number of rotatable bonds is 4. The maximum atomic E-state index is 10.6. The van der Waals surface area contributed by atoms with Crippen LogP contribution in [0.15, 0.2) is 53.1 Å². The minimum absolute atomic E-state index is 0.263. The first-order valence-corrected chi connectivity index (χ1v) is 7.90. The molecule has 1 heterocycles. The van der Waals surface area contributed by atoms with E-state index in [0.717, 1.165) is 11.5 Å². The summed E-state index contributed by atoms with van der Waals surface area (Å²) in [6.07, 6.45) is 8.94. The van der Waals surface area contributed by atoms with Crippen molar-refractivity contribution in [2.75, 3.05) is 6.61 Å². The molecule has 1 aliphatic carbocycles. The highest BCUT2D eigenvalue weighted by atomic mass is 35.5. The van der Waals surface area contributed by atoms with Crippen LogP contribution >= 0.6 is 11.6 Å². The molecular formula is C17H22ClN3O3. The maximum Gasteiger partial charge on any atom is 0.409 e. The van der Waals surface area contributed by atoms with Gasteiger partial charge in [-0.3, -0.25) is 10.3 Å².